The summed E-state index contributed by atoms with van der Waals surface area (Å²) < 4.78 is 16.1. The molecule has 7 heteroatoms. The van der Waals surface area contributed by atoms with Gasteiger partial charge in [-0.25, -0.2) is 0 Å². The number of aromatic nitrogens is 1. The first-order valence-electron chi connectivity index (χ1n) is 8.94. The number of hydrogen-bond acceptors (Lipinski definition) is 6. The number of carbonyl (C=O) groups excluding carboxylic acids is 1. The summed E-state index contributed by atoms with van der Waals surface area (Å²) in [6, 6.07) is 12.9. The van der Waals surface area contributed by atoms with Crippen molar-refractivity contribution in [1.82, 2.24) is 4.98 Å². The van der Waals surface area contributed by atoms with E-state index < -0.39 is 0 Å². The number of hydrogen-bond donors (Lipinski definition) is 2. The van der Waals surface area contributed by atoms with Crippen LogP contribution in [0, 0.1) is 6.92 Å². The molecule has 0 aliphatic carbocycles. The molecular weight excluding hydrogens is 370 g/mol. The smallest absolute Gasteiger partial charge is 0.257 e. The molecule has 7 nitrogen and oxygen atoms in total. The number of ether oxygens (including phenoxy) is 3. The van der Waals surface area contributed by atoms with Gasteiger partial charge in [-0.15, -0.1) is 0 Å². The van der Waals surface area contributed by atoms with Crippen LogP contribution >= 0.6 is 0 Å². The van der Waals surface area contributed by atoms with Gasteiger partial charge in [0, 0.05) is 29.7 Å². The first-order valence-corrected chi connectivity index (χ1v) is 8.94. The van der Waals surface area contributed by atoms with Gasteiger partial charge in [-0.2, -0.15) is 0 Å². The summed E-state index contributed by atoms with van der Waals surface area (Å²) in [5.74, 6) is 1.32. The van der Waals surface area contributed by atoms with Crippen molar-refractivity contribution in [3.8, 4) is 17.2 Å². The highest BCUT2D eigenvalue weighted by atomic mass is 16.5. The zero-order valence-electron chi connectivity index (χ0n) is 16.8. The molecule has 3 rings (SSSR count). The maximum Gasteiger partial charge on any atom is 0.257 e. The molecule has 29 heavy (non-hydrogen) atoms. The number of para-hydroxylation sites is 1. The van der Waals surface area contributed by atoms with Gasteiger partial charge in [-0.3, -0.25) is 9.78 Å². The van der Waals surface area contributed by atoms with Crippen LogP contribution in [0.15, 0.2) is 54.9 Å². The van der Waals surface area contributed by atoms with Crippen LogP contribution in [0.4, 0.5) is 17.1 Å². The van der Waals surface area contributed by atoms with Crippen molar-refractivity contribution in [1.29, 1.82) is 0 Å². The number of rotatable bonds is 7. The molecule has 3 aromatic rings. The van der Waals surface area contributed by atoms with Crippen molar-refractivity contribution in [3.63, 3.8) is 0 Å². The Bertz CT molecular complexity index is 995. The predicted molar refractivity (Wildman–Crippen MR) is 113 cm³/mol. The van der Waals surface area contributed by atoms with E-state index in [-0.39, 0.29) is 5.91 Å². The Labute approximate surface area is 169 Å². The van der Waals surface area contributed by atoms with Crippen molar-refractivity contribution < 1.29 is 19.0 Å². The average molecular weight is 393 g/mol. The third-order valence-electron chi connectivity index (χ3n) is 4.35. The lowest BCUT2D eigenvalue weighted by atomic mass is 10.2. The molecule has 2 N–H and O–H groups in total. The highest BCUT2D eigenvalue weighted by Gasteiger charge is 2.14. The van der Waals surface area contributed by atoms with E-state index in [9.17, 15) is 4.79 Å². The largest absolute Gasteiger partial charge is 0.493 e. The van der Waals surface area contributed by atoms with E-state index in [1.54, 1.807) is 45.7 Å². The molecule has 0 unspecified atom stereocenters. The Morgan fingerprint density at radius 1 is 0.897 bits per heavy atom. The lowest BCUT2D eigenvalue weighted by molar-refractivity contribution is 0.102. The van der Waals surface area contributed by atoms with E-state index in [1.165, 1.54) is 6.20 Å². The van der Waals surface area contributed by atoms with Crippen molar-refractivity contribution >= 4 is 23.0 Å². The van der Waals surface area contributed by atoms with E-state index in [4.69, 9.17) is 14.2 Å². The number of nitrogens with zero attached hydrogens (tertiary/aromatic N) is 1. The van der Waals surface area contributed by atoms with Gasteiger partial charge in [-0.05, 0) is 24.6 Å². The molecule has 0 saturated heterocycles. The number of aryl methyl sites for hydroxylation is 1. The number of pyridine rings is 1. The fourth-order valence-corrected chi connectivity index (χ4v) is 2.86. The second-order valence-corrected chi connectivity index (χ2v) is 6.27. The van der Waals surface area contributed by atoms with E-state index in [2.05, 4.69) is 15.6 Å². The summed E-state index contributed by atoms with van der Waals surface area (Å²) in [4.78, 5) is 16.8. The number of methoxy groups -OCH3 is 3. The molecule has 1 amide bonds. The zero-order chi connectivity index (χ0) is 20.8. The molecule has 0 bridgehead atoms. The summed E-state index contributed by atoms with van der Waals surface area (Å²) in [5, 5.41) is 6.12. The Morgan fingerprint density at radius 2 is 1.59 bits per heavy atom. The van der Waals surface area contributed by atoms with Gasteiger partial charge in [-0.1, -0.05) is 18.2 Å². The highest BCUT2D eigenvalue weighted by Crippen LogP contribution is 2.40. The normalized spacial score (nSPS) is 10.2. The molecule has 0 atom stereocenters. The van der Waals surface area contributed by atoms with Crippen LogP contribution in [0.1, 0.15) is 15.9 Å². The quantitative estimate of drug-likeness (QED) is 0.619. The lowest BCUT2D eigenvalue weighted by Crippen LogP contribution is -2.13. The van der Waals surface area contributed by atoms with Gasteiger partial charge >= 0.3 is 0 Å². The standard InChI is InChI=1S/C22H23N3O4/c1-14-7-5-6-8-18(14)25-22(26)15-9-17(13-23-12-15)24-16-10-19(27-2)21(29-4)20(11-16)28-3/h5-13,24H,1-4H3,(H,25,26). The highest BCUT2D eigenvalue weighted by molar-refractivity contribution is 6.05. The Kier molecular flexibility index (Phi) is 6.19. The first kappa shape index (κ1) is 20.0. The summed E-state index contributed by atoms with van der Waals surface area (Å²) in [6.07, 6.45) is 3.15. The average Bonchev–Trinajstić information content (AvgIpc) is 2.74. The summed E-state index contributed by atoms with van der Waals surface area (Å²) >= 11 is 0. The fraction of sp³-hybridized carbons (Fsp3) is 0.182. The van der Waals surface area contributed by atoms with Crippen LogP contribution in [0.2, 0.25) is 0 Å². The summed E-state index contributed by atoms with van der Waals surface area (Å²) in [5.41, 5.74) is 3.54. The molecule has 150 valence electrons. The van der Waals surface area contributed by atoms with Crippen LogP contribution in [0.5, 0.6) is 17.2 Å². The van der Waals surface area contributed by atoms with Crippen molar-refractivity contribution in [2.75, 3.05) is 32.0 Å². The number of carbonyl (C=O) groups is 1. The topological polar surface area (TPSA) is 81.7 Å². The fourth-order valence-electron chi connectivity index (χ4n) is 2.86. The third-order valence-corrected chi connectivity index (χ3v) is 4.35. The predicted octanol–water partition coefficient (Wildman–Crippen LogP) is 4.41. The number of anilines is 3. The molecule has 1 aromatic heterocycles. The summed E-state index contributed by atoms with van der Waals surface area (Å²) in [6.45, 7) is 1.94. The second kappa shape index (κ2) is 8.97. The van der Waals surface area contributed by atoms with Crippen LogP contribution in [-0.2, 0) is 0 Å². The van der Waals surface area contributed by atoms with Gasteiger partial charge in [0.1, 0.15) is 0 Å². The van der Waals surface area contributed by atoms with Crippen LogP contribution in [0.3, 0.4) is 0 Å². The van der Waals surface area contributed by atoms with Crippen LogP contribution < -0.4 is 24.8 Å². The van der Waals surface area contributed by atoms with Crippen molar-refractivity contribution in [2.45, 2.75) is 6.92 Å². The molecular formula is C22H23N3O4. The molecule has 0 aliphatic rings. The number of nitrogens with one attached hydrogen (secondary N) is 2. The van der Waals surface area contributed by atoms with E-state index in [0.717, 1.165) is 11.3 Å². The minimum Gasteiger partial charge on any atom is -0.493 e. The maximum absolute atomic E-state index is 12.6. The minimum atomic E-state index is -0.236. The van der Waals surface area contributed by atoms with E-state index in [1.807, 2.05) is 31.2 Å². The summed E-state index contributed by atoms with van der Waals surface area (Å²) in [7, 11) is 4.66. The minimum absolute atomic E-state index is 0.236. The molecule has 0 saturated carbocycles. The monoisotopic (exact) mass is 393 g/mol. The van der Waals surface area contributed by atoms with Crippen LogP contribution in [0.25, 0.3) is 0 Å². The third kappa shape index (κ3) is 4.57. The first-order chi connectivity index (χ1) is 14.0. The van der Waals surface area contributed by atoms with Gasteiger partial charge < -0.3 is 24.8 Å². The van der Waals surface area contributed by atoms with Gasteiger partial charge in [0.25, 0.3) is 5.91 Å². The van der Waals surface area contributed by atoms with Crippen molar-refractivity contribution in [3.05, 3.63) is 66.0 Å². The molecule has 2 aromatic carbocycles. The molecule has 0 aliphatic heterocycles. The van der Waals surface area contributed by atoms with Gasteiger partial charge in [0.2, 0.25) is 5.75 Å². The second-order valence-electron chi connectivity index (χ2n) is 6.27. The van der Waals surface area contributed by atoms with Gasteiger partial charge in [0.15, 0.2) is 11.5 Å². The van der Waals surface area contributed by atoms with E-state index >= 15 is 0 Å². The number of amides is 1. The van der Waals surface area contributed by atoms with Crippen LogP contribution in [-0.4, -0.2) is 32.2 Å². The zero-order valence-corrected chi connectivity index (χ0v) is 16.8. The number of benzene rings is 2. The maximum atomic E-state index is 12.6. The van der Waals surface area contributed by atoms with Gasteiger partial charge in [0.05, 0.1) is 38.8 Å². The molecule has 0 spiro atoms. The van der Waals surface area contributed by atoms with E-state index in [0.29, 0.717) is 34.2 Å². The Hall–Kier alpha value is -3.74. The SMILES string of the molecule is COc1cc(Nc2cncc(C(=O)Nc3ccccc3C)c2)cc(OC)c1OC. The Morgan fingerprint density at radius 3 is 2.21 bits per heavy atom. The molecule has 0 fully saturated rings. The molecule has 0 radical (unpaired) electrons. The lowest BCUT2D eigenvalue weighted by Gasteiger charge is -2.15. The molecule has 1 heterocycles. The van der Waals surface area contributed by atoms with Crippen molar-refractivity contribution in [2.24, 2.45) is 0 Å². The Balaban J connectivity index is 1.83.